The van der Waals surface area contributed by atoms with Crippen LogP contribution in [0.2, 0.25) is 0 Å². The zero-order valence-corrected chi connectivity index (χ0v) is 14.5. The third kappa shape index (κ3) is 6.12. The van der Waals surface area contributed by atoms with Gasteiger partial charge in [0.15, 0.2) is 0 Å². The number of nitrogens with two attached hydrogens (primary N) is 1. The van der Waals surface area contributed by atoms with Gasteiger partial charge in [-0.1, -0.05) is 57.3 Å². The summed E-state index contributed by atoms with van der Waals surface area (Å²) in [7, 11) is 0. The van der Waals surface area contributed by atoms with Crippen LogP contribution in [0.15, 0.2) is 24.3 Å². The maximum absolute atomic E-state index is 5.81. The minimum atomic E-state index is 0.491. The van der Waals surface area contributed by atoms with Gasteiger partial charge < -0.3 is 10.6 Å². The smallest absolute Gasteiger partial charge is 0.104 e. The average molecular weight is 308 g/mol. The average Bonchev–Trinajstić information content (AvgIpc) is 2.50. The van der Waals surface area contributed by atoms with Crippen molar-refractivity contribution in [2.24, 2.45) is 5.73 Å². The zero-order valence-electron chi connectivity index (χ0n) is 13.6. The quantitative estimate of drug-likeness (QED) is 0.674. The topological polar surface area (TPSA) is 32.5 Å². The number of nitrogens with zero attached hydrogens (tertiary/aromatic N) is 2. The van der Waals surface area contributed by atoms with Gasteiger partial charge in [-0.25, -0.2) is 0 Å². The second-order valence-corrected chi connectivity index (χ2v) is 5.71. The van der Waals surface area contributed by atoms with Crippen LogP contribution < -0.4 is 5.73 Å². The molecule has 0 radical (unpaired) electrons. The summed E-state index contributed by atoms with van der Waals surface area (Å²) in [6.45, 7) is 13.2. The van der Waals surface area contributed by atoms with E-state index in [-0.39, 0.29) is 0 Å². The molecule has 1 aromatic rings. The Bertz CT molecular complexity index is 430. The van der Waals surface area contributed by atoms with Gasteiger partial charge in [0.05, 0.1) is 0 Å². The van der Waals surface area contributed by atoms with E-state index < -0.39 is 0 Å². The fourth-order valence-electron chi connectivity index (χ4n) is 2.55. The van der Waals surface area contributed by atoms with E-state index in [1.807, 2.05) is 12.1 Å². The number of thiocarbonyl (C=S) groups is 1. The Labute approximate surface area is 135 Å². The normalized spacial score (nSPS) is 11.3. The molecule has 0 saturated carbocycles. The molecule has 3 nitrogen and oxygen atoms in total. The second-order valence-electron chi connectivity index (χ2n) is 5.27. The Morgan fingerprint density at radius 1 is 1.00 bits per heavy atom. The summed E-state index contributed by atoms with van der Waals surface area (Å²) in [5, 5.41) is 0. The van der Waals surface area contributed by atoms with Crippen LogP contribution in [0.1, 0.15) is 38.3 Å². The maximum atomic E-state index is 5.81. The van der Waals surface area contributed by atoms with Crippen LogP contribution in [-0.4, -0.2) is 47.5 Å². The van der Waals surface area contributed by atoms with Crippen molar-refractivity contribution >= 4 is 17.2 Å². The largest absolute Gasteiger partial charge is 0.389 e. The molecule has 0 spiro atoms. The Morgan fingerprint density at radius 3 is 2.14 bits per heavy atom. The fourth-order valence-corrected chi connectivity index (χ4v) is 2.75. The van der Waals surface area contributed by atoms with Gasteiger partial charge in [-0.3, -0.25) is 4.90 Å². The van der Waals surface area contributed by atoms with Crippen LogP contribution in [0.25, 0.3) is 0 Å². The number of hydrogen-bond donors (Lipinski definition) is 1. The lowest BCUT2D eigenvalue weighted by molar-refractivity contribution is 0.238. The standard InChI is InChI=1S/C17H29N3S/c1-4-19(5-2)12-9-13-20(6-3)14-15-10-7-8-11-16(15)17(18)21/h7-8,10-11H,4-6,9,12-14H2,1-3H3,(H2,18,21). The van der Waals surface area contributed by atoms with Crippen molar-refractivity contribution in [3.05, 3.63) is 35.4 Å². The first-order valence-corrected chi connectivity index (χ1v) is 8.35. The second kappa shape index (κ2) is 9.87. The van der Waals surface area contributed by atoms with E-state index in [0.29, 0.717) is 4.99 Å². The lowest BCUT2D eigenvalue weighted by Gasteiger charge is -2.24. The Morgan fingerprint density at radius 2 is 1.57 bits per heavy atom. The van der Waals surface area contributed by atoms with Crippen LogP contribution in [0, 0.1) is 0 Å². The predicted molar refractivity (Wildman–Crippen MR) is 95.7 cm³/mol. The molecule has 0 aliphatic rings. The summed E-state index contributed by atoms with van der Waals surface area (Å²) >= 11 is 5.14. The third-order valence-electron chi connectivity index (χ3n) is 3.97. The van der Waals surface area contributed by atoms with Gasteiger partial charge in [-0.15, -0.1) is 0 Å². The molecule has 0 bridgehead atoms. The lowest BCUT2D eigenvalue weighted by Crippen LogP contribution is -2.30. The van der Waals surface area contributed by atoms with Crippen LogP contribution in [0.5, 0.6) is 0 Å². The highest BCUT2D eigenvalue weighted by atomic mass is 32.1. The highest BCUT2D eigenvalue weighted by Gasteiger charge is 2.09. The number of rotatable bonds is 10. The molecule has 0 aromatic heterocycles. The van der Waals surface area contributed by atoms with Crippen LogP contribution >= 0.6 is 12.2 Å². The molecule has 0 amide bonds. The Balaban J connectivity index is 2.56. The Kier molecular flexibility index (Phi) is 8.50. The molecule has 0 atom stereocenters. The van der Waals surface area contributed by atoms with Gasteiger partial charge in [0.2, 0.25) is 0 Å². The summed E-state index contributed by atoms with van der Waals surface area (Å²) < 4.78 is 0. The van der Waals surface area contributed by atoms with Crippen molar-refractivity contribution in [2.75, 3.05) is 32.7 Å². The van der Waals surface area contributed by atoms with E-state index in [9.17, 15) is 0 Å². The van der Waals surface area contributed by atoms with E-state index in [1.54, 1.807) is 0 Å². The van der Waals surface area contributed by atoms with E-state index in [1.165, 1.54) is 18.5 Å². The summed E-state index contributed by atoms with van der Waals surface area (Å²) in [5.41, 5.74) is 8.05. The van der Waals surface area contributed by atoms with Crippen molar-refractivity contribution in [3.63, 3.8) is 0 Å². The molecule has 118 valence electrons. The maximum Gasteiger partial charge on any atom is 0.104 e. The van der Waals surface area contributed by atoms with Crippen molar-refractivity contribution < 1.29 is 0 Å². The van der Waals surface area contributed by atoms with Crippen molar-refractivity contribution in [1.82, 2.24) is 9.80 Å². The molecule has 1 rings (SSSR count). The molecule has 4 heteroatoms. The first-order chi connectivity index (χ1) is 10.1. The van der Waals surface area contributed by atoms with E-state index >= 15 is 0 Å². The molecule has 0 fully saturated rings. The Hall–Kier alpha value is -0.970. The molecule has 0 saturated heterocycles. The van der Waals surface area contributed by atoms with Crippen molar-refractivity contribution in [2.45, 2.75) is 33.7 Å². The van der Waals surface area contributed by atoms with Crippen LogP contribution in [0.3, 0.4) is 0 Å². The molecule has 0 heterocycles. The van der Waals surface area contributed by atoms with E-state index in [0.717, 1.165) is 38.3 Å². The van der Waals surface area contributed by atoms with E-state index in [4.69, 9.17) is 18.0 Å². The van der Waals surface area contributed by atoms with E-state index in [2.05, 4.69) is 42.7 Å². The molecule has 1 aromatic carbocycles. The SMILES string of the molecule is CCN(CC)CCCN(CC)Cc1ccccc1C(N)=S. The molecule has 21 heavy (non-hydrogen) atoms. The molecule has 0 aliphatic heterocycles. The molecular formula is C17H29N3S. The lowest BCUT2D eigenvalue weighted by atomic mass is 10.1. The summed E-state index contributed by atoms with van der Waals surface area (Å²) in [6, 6.07) is 8.19. The molecule has 0 unspecified atom stereocenters. The highest BCUT2D eigenvalue weighted by Crippen LogP contribution is 2.12. The third-order valence-corrected chi connectivity index (χ3v) is 4.19. The van der Waals surface area contributed by atoms with Gasteiger partial charge in [0.25, 0.3) is 0 Å². The molecular weight excluding hydrogens is 278 g/mol. The predicted octanol–water partition coefficient (Wildman–Crippen LogP) is 2.87. The fraction of sp³-hybridized carbons (Fsp3) is 0.588. The first-order valence-electron chi connectivity index (χ1n) is 7.94. The van der Waals surface area contributed by atoms with Crippen LogP contribution in [-0.2, 0) is 6.54 Å². The number of hydrogen-bond acceptors (Lipinski definition) is 3. The monoisotopic (exact) mass is 307 g/mol. The summed E-state index contributed by atoms with van der Waals surface area (Å²) in [6.07, 6.45) is 1.20. The minimum Gasteiger partial charge on any atom is -0.389 e. The van der Waals surface area contributed by atoms with Crippen LogP contribution in [0.4, 0.5) is 0 Å². The molecule has 0 aliphatic carbocycles. The van der Waals surface area contributed by atoms with Crippen molar-refractivity contribution in [3.8, 4) is 0 Å². The summed E-state index contributed by atoms with van der Waals surface area (Å²) in [5.74, 6) is 0. The molecule has 2 N–H and O–H groups in total. The van der Waals surface area contributed by atoms with Crippen molar-refractivity contribution in [1.29, 1.82) is 0 Å². The minimum absolute atomic E-state index is 0.491. The van der Waals surface area contributed by atoms with Gasteiger partial charge in [0.1, 0.15) is 4.99 Å². The zero-order chi connectivity index (χ0) is 15.7. The van der Waals surface area contributed by atoms with Gasteiger partial charge in [-0.2, -0.15) is 0 Å². The first kappa shape index (κ1) is 18.1. The van der Waals surface area contributed by atoms with Gasteiger partial charge in [-0.05, 0) is 44.7 Å². The number of benzene rings is 1. The highest BCUT2D eigenvalue weighted by molar-refractivity contribution is 7.80. The van der Waals surface area contributed by atoms with Gasteiger partial charge in [0, 0.05) is 12.1 Å². The van der Waals surface area contributed by atoms with Gasteiger partial charge >= 0.3 is 0 Å². The summed E-state index contributed by atoms with van der Waals surface area (Å²) in [4.78, 5) is 5.42.